The minimum atomic E-state index is -0.609. The standard InChI is InChI=1S/C25H19ClFN3O3/c1-14-3-12-20(13-15(14)2)30-24(32)21(26)22(25(30)33)28-18-8-4-16(5-9-18)23(31)29-19-10-6-17(27)7-11-19/h3-13,28H,1-2H3,(H,29,31). The number of hydrogen-bond donors (Lipinski definition) is 2. The number of nitrogens with one attached hydrogen (secondary N) is 2. The number of benzene rings is 3. The van der Waals surface area contributed by atoms with Crippen molar-refractivity contribution in [1.29, 1.82) is 0 Å². The lowest BCUT2D eigenvalue weighted by molar-refractivity contribution is -0.120. The first-order valence-electron chi connectivity index (χ1n) is 10.0. The van der Waals surface area contributed by atoms with Crippen molar-refractivity contribution in [2.45, 2.75) is 13.8 Å². The van der Waals surface area contributed by atoms with Gasteiger partial charge in [-0.15, -0.1) is 0 Å². The van der Waals surface area contributed by atoms with Crippen LogP contribution < -0.4 is 15.5 Å². The van der Waals surface area contributed by atoms with Crippen LogP contribution in [-0.4, -0.2) is 17.7 Å². The monoisotopic (exact) mass is 463 g/mol. The summed E-state index contributed by atoms with van der Waals surface area (Å²) in [4.78, 5) is 39.0. The van der Waals surface area contributed by atoms with Crippen LogP contribution in [0.1, 0.15) is 21.5 Å². The highest BCUT2D eigenvalue weighted by molar-refractivity contribution is 6.53. The molecule has 0 saturated carbocycles. The predicted molar refractivity (Wildman–Crippen MR) is 126 cm³/mol. The Morgan fingerprint density at radius 2 is 1.48 bits per heavy atom. The Morgan fingerprint density at radius 3 is 2.12 bits per heavy atom. The first kappa shape index (κ1) is 22.2. The van der Waals surface area contributed by atoms with Gasteiger partial charge in [0.25, 0.3) is 17.7 Å². The lowest BCUT2D eigenvalue weighted by Gasteiger charge is -2.16. The predicted octanol–water partition coefficient (Wildman–Crippen LogP) is 5.13. The third-order valence-electron chi connectivity index (χ3n) is 5.29. The second kappa shape index (κ2) is 8.88. The molecule has 166 valence electrons. The molecule has 0 saturated heterocycles. The fourth-order valence-corrected chi connectivity index (χ4v) is 3.51. The largest absolute Gasteiger partial charge is 0.350 e. The summed E-state index contributed by atoms with van der Waals surface area (Å²) in [5, 5.41) is 5.34. The van der Waals surface area contributed by atoms with Crippen LogP contribution in [0.25, 0.3) is 0 Å². The number of amides is 3. The second-order valence-electron chi connectivity index (χ2n) is 7.57. The van der Waals surface area contributed by atoms with Crippen LogP contribution in [0.4, 0.5) is 21.5 Å². The van der Waals surface area contributed by atoms with E-state index in [9.17, 15) is 18.8 Å². The van der Waals surface area contributed by atoms with E-state index in [1.807, 2.05) is 19.9 Å². The van der Waals surface area contributed by atoms with Gasteiger partial charge in [-0.3, -0.25) is 14.4 Å². The Kier molecular flexibility index (Phi) is 5.98. The van der Waals surface area contributed by atoms with Crippen molar-refractivity contribution < 1.29 is 18.8 Å². The molecular weight excluding hydrogens is 445 g/mol. The SMILES string of the molecule is Cc1ccc(N2C(=O)C(Cl)=C(Nc3ccc(C(=O)Nc4ccc(F)cc4)cc3)C2=O)cc1C. The molecule has 2 N–H and O–H groups in total. The van der Waals surface area contributed by atoms with Gasteiger partial charge in [-0.1, -0.05) is 17.7 Å². The minimum absolute atomic E-state index is 0.0385. The van der Waals surface area contributed by atoms with Gasteiger partial charge < -0.3 is 10.6 Å². The quantitative estimate of drug-likeness (QED) is 0.514. The lowest BCUT2D eigenvalue weighted by atomic mass is 10.1. The van der Waals surface area contributed by atoms with Gasteiger partial charge in [-0.05, 0) is 85.6 Å². The van der Waals surface area contributed by atoms with E-state index in [0.29, 0.717) is 22.6 Å². The van der Waals surface area contributed by atoms with Gasteiger partial charge in [0.15, 0.2) is 0 Å². The Hall–Kier alpha value is -3.97. The smallest absolute Gasteiger partial charge is 0.283 e. The van der Waals surface area contributed by atoms with Crippen LogP contribution in [0, 0.1) is 19.7 Å². The normalized spacial score (nSPS) is 13.5. The van der Waals surface area contributed by atoms with Crippen molar-refractivity contribution in [2.75, 3.05) is 15.5 Å². The number of carbonyl (C=O) groups is 3. The Morgan fingerprint density at radius 1 is 0.848 bits per heavy atom. The average Bonchev–Trinajstić information content (AvgIpc) is 3.01. The third kappa shape index (κ3) is 4.49. The number of aryl methyl sites for hydroxylation is 2. The zero-order chi connectivity index (χ0) is 23.7. The second-order valence-corrected chi connectivity index (χ2v) is 7.94. The van der Waals surface area contributed by atoms with E-state index in [0.717, 1.165) is 16.0 Å². The topological polar surface area (TPSA) is 78.5 Å². The van der Waals surface area contributed by atoms with Crippen LogP contribution in [0.2, 0.25) is 0 Å². The summed E-state index contributed by atoms with van der Waals surface area (Å²) >= 11 is 6.19. The number of halogens is 2. The zero-order valence-corrected chi connectivity index (χ0v) is 18.5. The summed E-state index contributed by atoms with van der Waals surface area (Å²) in [6.45, 7) is 3.83. The molecule has 8 heteroatoms. The fourth-order valence-electron chi connectivity index (χ4n) is 3.30. The molecule has 0 unspecified atom stereocenters. The van der Waals surface area contributed by atoms with Crippen molar-refractivity contribution in [3.8, 4) is 0 Å². The van der Waals surface area contributed by atoms with Crippen molar-refractivity contribution >= 4 is 46.4 Å². The van der Waals surface area contributed by atoms with Crippen LogP contribution in [-0.2, 0) is 9.59 Å². The molecule has 0 radical (unpaired) electrons. The third-order valence-corrected chi connectivity index (χ3v) is 5.65. The Labute approximate surface area is 194 Å². The van der Waals surface area contributed by atoms with Crippen LogP contribution in [0.3, 0.4) is 0 Å². The minimum Gasteiger partial charge on any atom is -0.350 e. The average molecular weight is 464 g/mol. The van der Waals surface area contributed by atoms with Gasteiger partial charge in [0.1, 0.15) is 16.5 Å². The molecule has 0 spiro atoms. The Balaban J connectivity index is 1.48. The van der Waals surface area contributed by atoms with E-state index in [4.69, 9.17) is 11.6 Å². The van der Waals surface area contributed by atoms with Crippen molar-refractivity contribution in [3.63, 3.8) is 0 Å². The maximum atomic E-state index is 13.0. The maximum absolute atomic E-state index is 13.0. The molecule has 33 heavy (non-hydrogen) atoms. The van der Waals surface area contributed by atoms with Crippen LogP contribution in [0.5, 0.6) is 0 Å². The van der Waals surface area contributed by atoms with E-state index in [2.05, 4.69) is 10.6 Å². The number of imide groups is 1. The summed E-state index contributed by atoms with van der Waals surface area (Å²) in [6, 6.07) is 17.0. The highest BCUT2D eigenvalue weighted by Gasteiger charge is 2.39. The molecule has 1 heterocycles. The van der Waals surface area contributed by atoms with Crippen LogP contribution in [0.15, 0.2) is 77.5 Å². The summed E-state index contributed by atoms with van der Waals surface area (Å²) in [5.41, 5.74) is 3.68. The molecule has 0 atom stereocenters. The number of anilines is 3. The van der Waals surface area contributed by atoms with Gasteiger partial charge >= 0.3 is 0 Å². The molecule has 1 aliphatic heterocycles. The van der Waals surface area contributed by atoms with E-state index in [1.54, 1.807) is 36.4 Å². The summed E-state index contributed by atoms with van der Waals surface area (Å²) in [6.07, 6.45) is 0. The fraction of sp³-hybridized carbons (Fsp3) is 0.0800. The van der Waals surface area contributed by atoms with Crippen molar-refractivity contribution in [2.24, 2.45) is 0 Å². The molecule has 0 fully saturated rings. The van der Waals surface area contributed by atoms with E-state index >= 15 is 0 Å². The molecule has 4 rings (SSSR count). The summed E-state index contributed by atoms with van der Waals surface area (Å²) in [5.74, 6) is -1.94. The first-order valence-corrected chi connectivity index (χ1v) is 10.4. The summed E-state index contributed by atoms with van der Waals surface area (Å²) in [7, 11) is 0. The number of hydrogen-bond acceptors (Lipinski definition) is 4. The van der Waals surface area contributed by atoms with Crippen LogP contribution >= 0.6 is 11.6 Å². The maximum Gasteiger partial charge on any atom is 0.283 e. The molecule has 0 bridgehead atoms. The van der Waals surface area contributed by atoms with E-state index in [-0.39, 0.29) is 16.6 Å². The van der Waals surface area contributed by atoms with Crippen molar-refractivity contribution in [1.82, 2.24) is 0 Å². The van der Waals surface area contributed by atoms with Gasteiger partial charge in [-0.25, -0.2) is 9.29 Å². The lowest BCUT2D eigenvalue weighted by Crippen LogP contribution is -2.32. The van der Waals surface area contributed by atoms with E-state index in [1.165, 1.54) is 24.3 Å². The van der Waals surface area contributed by atoms with E-state index < -0.39 is 17.6 Å². The molecule has 0 aliphatic carbocycles. The van der Waals surface area contributed by atoms with Gasteiger partial charge in [-0.2, -0.15) is 0 Å². The highest BCUT2D eigenvalue weighted by atomic mass is 35.5. The first-order chi connectivity index (χ1) is 15.7. The molecule has 3 amide bonds. The molecule has 0 aromatic heterocycles. The molecule has 3 aromatic carbocycles. The molecule has 6 nitrogen and oxygen atoms in total. The van der Waals surface area contributed by atoms with Gasteiger partial charge in [0.05, 0.1) is 5.69 Å². The molecule has 1 aliphatic rings. The molecule has 3 aromatic rings. The van der Waals surface area contributed by atoms with Crippen molar-refractivity contribution in [3.05, 3.63) is 100.0 Å². The molecular formula is C25H19ClFN3O3. The van der Waals surface area contributed by atoms with Gasteiger partial charge in [0.2, 0.25) is 0 Å². The zero-order valence-electron chi connectivity index (χ0n) is 17.8. The number of nitrogens with zero attached hydrogens (tertiary/aromatic N) is 1. The number of rotatable bonds is 5. The Bertz CT molecular complexity index is 1300. The van der Waals surface area contributed by atoms with Gasteiger partial charge in [0, 0.05) is 16.9 Å². The highest BCUT2D eigenvalue weighted by Crippen LogP contribution is 2.31. The number of carbonyl (C=O) groups excluding carboxylic acids is 3. The summed E-state index contributed by atoms with van der Waals surface area (Å²) < 4.78 is 13.0.